The molecule has 0 saturated heterocycles. The molecule has 0 aliphatic rings. The molecule has 0 aromatic carbocycles. The molecule has 0 spiro atoms. The van der Waals surface area contributed by atoms with Gasteiger partial charge in [0.25, 0.3) is 0 Å². The second kappa shape index (κ2) is 5.40. The zero-order valence-corrected chi connectivity index (χ0v) is 8.66. The van der Waals surface area contributed by atoms with E-state index in [1.165, 1.54) is 0 Å². The molecule has 1 rings (SSSR count). The van der Waals surface area contributed by atoms with E-state index in [0.717, 1.165) is 23.4 Å². The number of methoxy groups -OCH3 is 1. The maximum absolute atomic E-state index is 5.38. The number of nitrogens with two attached hydrogens (primary N) is 1. The Labute approximate surface area is 84.6 Å². The molecule has 0 radical (unpaired) electrons. The van der Waals surface area contributed by atoms with Crippen molar-refractivity contribution in [1.29, 1.82) is 0 Å². The Kier molecular flexibility index (Phi) is 4.13. The van der Waals surface area contributed by atoms with Gasteiger partial charge in [0.05, 0.1) is 12.8 Å². The van der Waals surface area contributed by atoms with E-state index in [4.69, 9.17) is 10.5 Å². The van der Waals surface area contributed by atoms with Crippen LogP contribution in [0.25, 0.3) is 6.08 Å². The second-order valence-electron chi connectivity index (χ2n) is 3.04. The average Bonchev–Trinajstić information content (AvgIpc) is 2.21. The fraction of sp³-hybridized carbons (Fsp3) is 0.364. The van der Waals surface area contributed by atoms with Crippen LogP contribution in [0.3, 0.4) is 0 Å². The van der Waals surface area contributed by atoms with Crippen molar-refractivity contribution in [1.82, 2.24) is 4.98 Å². The molecular weight excluding hydrogens is 176 g/mol. The molecule has 2 N–H and O–H groups in total. The van der Waals surface area contributed by atoms with Crippen LogP contribution in [0, 0.1) is 6.92 Å². The normalized spacial score (nSPS) is 10.8. The highest BCUT2D eigenvalue weighted by Crippen LogP contribution is 2.16. The number of aromatic nitrogens is 1. The summed E-state index contributed by atoms with van der Waals surface area (Å²) in [6.45, 7) is 2.60. The third-order valence-corrected chi connectivity index (χ3v) is 1.93. The molecule has 0 unspecified atom stereocenters. The Balaban J connectivity index is 2.79. The van der Waals surface area contributed by atoms with Crippen molar-refractivity contribution in [2.45, 2.75) is 13.3 Å². The highest BCUT2D eigenvalue weighted by molar-refractivity contribution is 5.51. The van der Waals surface area contributed by atoms with E-state index in [1.807, 2.05) is 31.3 Å². The minimum atomic E-state index is 0.674. The molecule has 0 bridgehead atoms. The molecule has 1 aromatic heterocycles. The van der Waals surface area contributed by atoms with Crippen LogP contribution >= 0.6 is 0 Å². The molecule has 0 fully saturated rings. The molecule has 3 nitrogen and oxygen atoms in total. The number of rotatable bonds is 4. The molecule has 3 heteroatoms. The minimum Gasteiger partial charge on any atom is -0.495 e. The van der Waals surface area contributed by atoms with Crippen molar-refractivity contribution >= 4 is 6.08 Å². The van der Waals surface area contributed by atoms with E-state index in [1.54, 1.807) is 7.11 Å². The monoisotopic (exact) mass is 192 g/mol. The third-order valence-electron chi connectivity index (χ3n) is 1.93. The minimum absolute atomic E-state index is 0.674. The van der Waals surface area contributed by atoms with Gasteiger partial charge >= 0.3 is 0 Å². The van der Waals surface area contributed by atoms with Crippen molar-refractivity contribution < 1.29 is 4.74 Å². The van der Waals surface area contributed by atoms with Gasteiger partial charge in [0, 0.05) is 6.20 Å². The predicted octanol–water partition coefficient (Wildman–Crippen LogP) is 1.76. The Morgan fingerprint density at radius 3 is 3.00 bits per heavy atom. The number of hydrogen-bond acceptors (Lipinski definition) is 3. The largest absolute Gasteiger partial charge is 0.495 e. The number of hydrogen-bond donors (Lipinski definition) is 1. The van der Waals surface area contributed by atoms with E-state index >= 15 is 0 Å². The van der Waals surface area contributed by atoms with Gasteiger partial charge in [0.1, 0.15) is 5.75 Å². The van der Waals surface area contributed by atoms with Gasteiger partial charge in [-0.15, -0.1) is 0 Å². The Morgan fingerprint density at radius 1 is 1.57 bits per heavy atom. The first kappa shape index (κ1) is 10.7. The molecular formula is C11H16N2O. The lowest BCUT2D eigenvalue weighted by molar-refractivity contribution is 0.409. The molecule has 0 amide bonds. The summed E-state index contributed by atoms with van der Waals surface area (Å²) >= 11 is 0. The Bertz CT molecular complexity index is 321. The smallest absolute Gasteiger partial charge is 0.140 e. The van der Waals surface area contributed by atoms with Gasteiger partial charge in [-0.3, -0.25) is 4.98 Å². The maximum Gasteiger partial charge on any atom is 0.140 e. The van der Waals surface area contributed by atoms with Crippen molar-refractivity contribution in [3.05, 3.63) is 29.6 Å². The molecule has 0 aliphatic carbocycles. The van der Waals surface area contributed by atoms with Crippen LogP contribution in [0.5, 0.6) is 5.75 Å². The van der Waals surface area contributed by atoms with Crippen LogP contribution in [-0.2, 0) is 0 Å². The highest BCUT2D eigenvalue weighted by Gasteiger charge is 1.98. The maximum atomic E-state index is 5.38. The van der Waals surface area contributed by atoms with E-state index < -0.39 is 0 Å². The first-order chi connectivity index (χ1) is 6.77. The van der Waals surface area contributed by atoms with Crippen molar-refractivity contribution in [3.63, 3.8) is 0 Å². The summed E-state index contributed by atoms with van der Waals surface area (Å²) < 4.78 is 5.17. The fourth-order valence-corrected chi connectivity index (χ4v) is 1.14. The van der Waals surface area contributed by atoms with Crippen LogP contribution in [0.2, 0.25) is 0 Å². The summed E-state index contributed by atoms with van der Waals surface area (Å²) in [6, 6.07) is 1.97. The topological polar surface area (TPSA) is 48.1 Å². The predicted molar refractivity (Wildman–Crippen MR) is 58.2 cm³/mol. The van der Waals surface area contributed by atoms with Crippen LogP contribution < -0.4 is 10.5 Å². The summed E-state index contributed by atoms with van der Waals surface area (Å²) in [5.74, 6) is 0.819. The second-order valence-corrected chi connectivity index (χ2v) is 3.04. The van der Waals surface area contributed by atoms with E-state index in [-0.39, 0.29) is 0 Å². The van der Waals surface area contributed by atoms with Gasteiger partial charge in [0.15, 0.2) is 0 Å². The van der Waals surface area contributed by atoms with Crippen LogP contribution in [0.15, 0.2) is 18.3 Å². The Morgan fingerprint density at radius 2 is 2.36 bits per heavy atom. The van der Waals surface area contributed by atoms with Gasteiger partial charge in [-0.05, 0) is 31.5 Å². The van der Waals surface area contributed by atoms with Gasteiger partial charge in [-0.25, -0.2) is 0 Å². The first-order valence-corrected chi connectivity index (χ1v) is 4.65. The van der Waals surface area contributed by atoms with Crippen LogP contribution in [-0.4, -0.2) is 18.6 Å². The molecule has 0 aliphatic heterocycles. The zero-order valence-electron chi connectivity index (χ0n) is 8.66. The summed E-state index contributed by atoms with van der Waals surface area (Å²) in [6.07, 6.45) is 6.74. The quantitative estimate of drug-likeness (QED) is 0.790. The van der Waals surface area contributed by atoms with Crippen molar-refractivity contribution in [2.75, 3.05) is 13.7 Å². The summed E-state index contributed by atoms with van der Waals surface area (Å²) in [5, 5.41) is 0. The number of aryl methyl sites for hydroxylation is 1. The number of nitrogens with zero attached hydrogens (tertiary/aromatic N) is 1. The fourth-order valence-electron chi connectivity index (χ4n) is 1.14. The summed E-state index contributed by atoms with van der Waals surface area (Å²) in [4.78, 5) is 4.22. The van der Waals surface area contributed by atoms with Gasteiger partial charge in [-0.2, -0.15) is 0 Å². The summed E-state index contributed by atoms with van der Waals surface area (Å²) in [7, 11) is 1.65. The van der Waals surface area contributed by atoms with E-state index in [0.29, 0.717) is 6.54 Å². The Hall–Kier alpha value is -1.35. The van der Waals surface area contributed by atoms with Gasteiger partial charge in [0.2, 0.25) is 0 Å². The molecule has 1 heterocycles. The molecule has 0 saturated carbocycles. The molecule has 1 aromatic rings. The molecule has 0 atom stereocenters. The highest BCUT2D eigenvalue weighted by atomic mass is 16.5. The van der Waals surface area contributed by atoms with Crippen molar-refractivity contribution in [3.8, 4) is 5.75 Å². The van der Waals surface area contributed by atoms with Crippen LogP contribution in [0.1, 0.15) is 17.7 Å². The number of ether oxygens (including phenoxy) is 1. The lowest BCUT2D eigenvalue weighted by Crippen LogP contribution is -1.95. The summed E-state index contributed by atoms with van der Waals surface area (Å²) in [5.41, 5.74) is 7.33. The van der Waals surface area contributed by atoms with Gasteiger partial charge in [-0.1, -0.05) is 12.2 Å². The molecule has 14 heavy (non-hydrogen) atoms. The van der Waals surface area contributed by atoms with E-state index in [9.17, 15) is 0 Å². The zero-order chi connectivity index (χ0) is 10.4. The van der Waals surface area contributed by atoms with Gasteiger partial charge < -0.3 is 10.5 Å². The molecule has 76 valence electrons. The third kappa shape index (κ3) is 2.85. The van der Waals surface area contributed by atoms with Crippen molar-refractivity contribution in [2.24, 2.45) is 5.73 Å². The van der Waals surface area contributed by atoms with E-state index in [2.05, 4.69) is 4.98 Å². The average molecular weight is 192 g/mol. The SMILES string of the molecule is COc1cc(C=CCCN)cnc1C. The van der Waals surface area contributed by atoms with Crippen LogP contribution in [0.4, 0.5) is 0 Å². The number of pyridine rings is 1. The first-order valence-electron chi connectivity index (χ1n) is 4.65. The lowest BCUT2D eigenvalue weighted by atomic mass is 10.2. The lowest BCUT2D eigenvalue weighted by Gasteiger charge is -2.03. The standard InChI is InChI=1S/C11H16N2O/c1-9-11(14-2)7-10(8-13-9)5-3-4-6-12/h3,5,7-8H,4,6,12H2,1-2H3.